The molecule has 1 aromatic carbocycles. The van der Waals surface area contributed by atoms with Crippen molar-refractivity contribution in [3.05, 3.63) is 34.5 Å². The van der Waals surface area contributed by atoms with E-state index in [0.717, 1.165) is 26.2 Å². The van der Waals surface area contributed by atoms with E-state index in [0.29, 0.717) is 0 Å². The number of aromatic amines is 1. The van der Waals surface area contributed by atoms with Crippen molar-refractivity contribution in [1.29, 1.82) is 0 Å². The van der Waals surface area contributed by atoms with Crippen LogP contribution in [0.3, 0.4) is 0 Å². The Labute approximate surface area is 98.3 Å². The molecule has 2 heterocycles. The Kier molecular flexibility index (Phi) is 2.07. The van der Waals surface area contributed by atoms with Gasteiger partial charge in [-0.1, -0.05) is 0 Å². The smallest absolute Gasteiger partial charge is 0.124 e. The number of hydrogen-bond donors (Lipinski definition) is 1. The van der Waals surface area contributed by atoms with Crippen LogP contribution in [0.25, 0.3) is 21.6 Å². The first-order valence-corrected chi connectivity index (χ1v) is 6.05. The fourth-order valence-electron chi connectivity index (χ4n) is 1.46. The summed E-state index contributed by atoms with van der Waals surface area (Å²) < 4.78 is 0.882. The number of aromatic nitrogens is 3. The van der Waals surface area contributed by atoms with Crippen LogP contribution in [0.15, 0.2) is 34.5 Å². The van der Waals surface area contributed by atoms with Crippen LogP contribution in [0.2, 0.25) is 0 Å². The number of nitrogens with zero attached hydrogens (tertiary/aromatic N) is 2. The highest BCUT2D eigenvalue weighted by molar-refractivity contribution is 9.10. The molecule has 3 aromatic rings. The van der Waals surface area contributed by atoms with Gasteiger partial charge in [-0.05, 0) is 34.1 Å². The zero-order valence-electron chi connectivity index (χ0n) is 7.57. The first kappa shape index (κ1) is 9.06. The highest BCUT2D eigenvalue weighted by atomic mass is 79.9. The number of thiazole rings is 1. The molecule has 0 atom stereocenters. The largest absolute Gasteiger partial charge is 0.345 e. The standard InChI is InChI=1S/C10H6BrN3S/c11-9-4-15-10(14-9)6-1-2-7-8(3-6)13-5-12-7/h1-5H,(H,12,13). The van der Waals surface area contributed by atoms with Crippen molar-refractivity contribution in [2.45, 2.75) is 0 Å². The molecule has 0 fully saturated rings. The van der Waals surface area contributed by atoms with Crippen LogP contribution in [-0.4, -0.2) is 15.0 Å². The van der Waals surface area contributed by atoms with Crippen molar-refractivity contribution in [1.82, 2.24) is 15.0 Å². The third-order valence-corrected chi connectivity index (χ3v) is 3.74. The molecule has 74 valence electrons. The average Bonchev–Trinajstić information content (AvgIpc) is 2.84. The monoisotopic (exact) mass is 279 g/mol. The van der Waals surface area contributed by atoms with Gasteiger partial charge in [-0.25, -0.2) is 9.97 Å². The van der Waals surface area contributed by atoms with Crippen LogP contribution in [0.5, 0.6) is 0 Å². The molecular weight excluding hydrogens is 274 g/mol. The van der Waals surface area contributed by atoms with E-state index in [4.69, 9.17) is 0 Å². The van der Waals surface area contributed by atoms with Crippen molar-refractivity contribution in [3.8, 4) is 10.6 Å². The minimum Gasteiger partial charge on any atom is -0.345 e. The van der Waals surface area contributed by atoms with E-state index in [9.17, 15) is 0 Å². The van der Waals surface area contributed by atoms with E-state index in [2.05, 4.69) is 36.9 Å². The Morgan fingerprint density at radius 2 is 2.27 bits per heavy atom. The lowest BCUT2D eigenvalue weighted by Crippen LogP contribution is -1.76. The van der Waals surface area contributed by atoms with Gasteiger partial charge in [0.15, 0.2) is 0 Å². The highest BCUT2D eigenvalue weighted by Crippen LogP contribution is 2.27. The van der Waals surface area contributed by atoms with Crippen LogP contribution in [0.1, 0.15) is 0 Å². The van der Waals surface area contributed by atoms with Gasteiger partial charge in [-0.3, -0.25) is 0 Å². The Morgan fingerprint density at radius 1 is 1.33 bits per heavy atom. The van der Waals surface area contributed by atoms with E-state index in [1.165, 1.54) is 0 Å². The molecule has 0 aliphatic rings. The van der Waals surface area contributed by atoms with Gasteiger partial charge in [0.05, 0.1) is 17.4 Å². The summed E-state index contributed by atoms with van der Waals surface area (Å²) in [7, 11) is 0. The first-order valence-electron chi connectivity index (χ1n) is 4.37. The Balaban J connectivity index is 2.18. The summed E-state index contributed by atoms with van der Waals surface area (Å²) in [6.07, 6.45) is 1.70. The second-order valence-corrected chi connectivity index (χ2v) is 4.78. The summed E-state index contributed by atoms with van der Waals surface area (Å²) in [5, 5.41) is 2.99. The summed E-state index contributed by atoms with van der Waals surface area (Å²) in [5.41, 5.74) is 3.13. The maximum absolute atomic E-state index is 4.37. The summed E-state index contributed by atoms with van der Waals surface area (Å²) in [6, 6.07) is 6.10. The fourth-order valence-corrected chi connectivity index (χ4v) is 2.71. The van der Waals surface area contributed by atoms with Gasteiger partial charge in [0.2, 0.25) is 0 Å². The second-order valence-electron chi connectivity index (χ2n) is 3.11. The number of benzene rings is 1. The molecule has 3 nitrogen and oxygen atoms in total. The molecule has 15 heavy (non-hydrogen) atoms. The van der Waals surface area contributed by atoms with E-state index in [-0.39, 0.29) is 0 Å². The first-order chi connectivity index (χ1) is 7.33. The Morgan fingerprint density at radius 3 is 3.07 bits per heavy atom. The lowest BCUT2D eigenvalue weighted by molar-refractivity contribution is 1.34. The third-order valence-electron chi connectivity index (χ3n) is 2.14. The van der Waals surface area contributed by atoms with Gasteiger partial charge < -0.3 is 4.98 Å². The lowest BCUT2D eigenvalue weighted by Gasteiger charge is -1.95. The number of imidazole rings is 1. The molecule has 3 rings (SSSR count). The predicted octanol–water partition coefficient (Wildman–Crippen LogP) is 3.45. The summed E-state index contributed by atoms with van der Waals surface area (Å²) in [5.74, 6) is 0. The van der Waals surface area contributed by atoms with Gasteiger partial charge in [-0.2, -0.15) is 0 Å². The van der Waals surface area contributed by atoms with Crippen molar-refractivity contribution < 1.29 is 0 Å². The van der Waals surface area contributed by atoms with Crippen LogP contribution in [-0.2, 0) is 0 Å². The molecule has 0 aliphatic carbocycles. The van der Waals surface area contributed by atoms with Crippen LogP contribution in [0, 0.1) is 0 Å². The van der Waals surface area contributed by atoms with Crippen LogP contribution >= 0.6 is 27.3 Å². The molecule has 0 bridgehead atoms. The van der Waals surface area contributed by atoms with E-state index in [1.807, 2.05) is 17.5 Å². The van der Waals surface area contributed by atoms with E-state index >= 15 is 0 Å². The highest BCUT2D eigenvalue weighted by Gasteiger charge is 2.04. The summed E-state index contributed by atoms with van der Waals surface area (Å²) >= 11 is 4.97. The molecule has 0 saturated carbocycles. The molecule has 0 saturated heterocycles. The topological polar surface area (TPSA) is 41.6 Å². The maximum atomic E-state index is 4.37. The molecule has 0 unspecified atom stereocenters. The number of rotatable bonds is 1. The number of halogens is 1. The molecular formula is C10H6BrN3S. The van der Waals surface area contributed by atoms with E-state index in [1.54, 1.807) is 17.7 Å². The normalized spacial score (nSPS) is 11.0. The molecule has 2 aromatic heterocycles. The summed E-state index contributed by atoms with van der Waals surface area (Å²) in [4.78, 5) is 11.6. The van der Waals surface area contributed by atoms with Crippen molar-refractivity contribution >= 4 is 38.3 Å². The van der Waals surface area contributed by atoms with Gasteiger partial charge in [0.25, 0.3) is 0 Å². The van der Waals surface area contributed by atoms with Crippen molar-refractivity contribution in [2.24, 2.45) is 0 Å². The molecule has 0 spiro atoms. The molecule has 5 heteroatoms. The number of nitrogens with one attached hydrogen (secondary N) is 1. The van der Waals surface area contributed by atoms with Gasteiger partial charge in [0, 0.05) is 10.9 Å². The Hall–Kier alpha value is -1.20. The second kappa shape index (κ2) is 3.43. The maximum Gasteiger partial charge on any atom is 0.124 e. The van der Waals surface area contributed by atoms with Crippen LogP contribution in [0.4, 0.5) is 0 Å². The van der Waals surface area contributed by atoms with Gasteiger partial charge in [-0.15, -0.1) is 11.3 Å². The third kappa shape index (κ3) is 1.57. The van der Waals surface area contributed by atoms with Crippen molar-refractivity contribution in [3.63, 3.8) is 0 Å². The predicted molar refractivity (Wildman–Crippen MR) is 64.9 cm³/mol. The Bertz CT molecular complexity index is 614. The number of fused-ring (bicyclic) bond motifs is 1. The summed E-state index contributed by atoms with van der Waals surface area (Å²) in [6.45, 7) is 0. The molecule has 0 amide bonds. The van der Waals surface area contributed by atoms with Crippen molar-refractivity contribution in [2.75, 3.05) is 0 Å². The quantitative estimate of drug-likeness (QED) is 0.741. The van der Waals surface area contributed by atoms with Crippen LogP contribution < -0.4 is 0 Å². The minimum absolute atomic E-state index is 0.882. The minimum atomic E-state index is 0.882. The fraction of sp³-hybridized carbons (Fsp3) is 0. The average molecular weight is 280 g/mol. The molecule has 0 radical (unpaired) electrons. The SMILES string of the molecule is Brc1csc(-c2ccc3nc[nH]c3c2)n1. The van der Waals surface area contributed by atoms with Gasteiger partial charge >= 0.3 is 0 Å². The lowest BCUT2D eigenvalue weighted by atomic mass is 10.2. The van der Waals surface area contributed by atoms with Gasteiger partial charge in [0.1, 0.15) is 9.61 Å². The number of hydrogen-bond acceptors (Lipinski definition) is 3. The zero-order chi connectivity index (χ0) is 10.3. The molecule has 1 N–H and O–H groups in total. The number of H-pyrrole nitrogens is 1. The molecule has 0 aliphatic heterocycles. The van der Waals surface area contributed by atoms with E-state index < -0.39 is 0 Å². The zero-order valence-corrected chi connectivity index (χ0v) is 9.97.